The van der Waals surface area contributed by atoms with Crippen LogP contribution in [0.15, 0.2) is 48.9 Å². The minimum absolute atomic E-state index is 0.0150. The van der Waals surface area contributed by atoms with Gasteiger partial charge in [0.2, 0.25) is 11.8 Å². The highest BCUT2D eigenvalue weighted by Gasteiger charge is 2.45. The smallest absolute Gasteiger partial charge is 0.407 e. The monoisotopic (exact) mass is 734 g/mol. The van der Waals surface area contributed by atoms with Gasteiger partial charge in [-0.25, -0.2) is 9.78 Å². The van der Waals surface area contributed by atoms with Gasteiger partial charge in [0.15, 0.2) is 5.78 Å². The molecule has 0 bridgehead atoms. The summed E-state index contributed by atoms with van der Waals surface area (Å²) < 4.78 is 10.9. The fourth-order valence-corrected chi connectivity index (χ4v) is 6.77. The minimum Gasteiger partial charge on any atom is -0.460 e. The zero-order valence-electron chi connectivity index (χ0n) is 31.7. The number of nitrogens with zero attached hydrogens (tertiary/aromatic N) is 3. The molecule has 1 aliphatic heterocycles. The van der Waals surface area contributed by atoms with Gasteiger partial charge < -0.3 is 30.3 Å². The van der Waals surface area contributed by atoms with E-state index in [0.29, 0.717) is 0 Å². The van der Waals surface area contributed by atoms with Gasteiger partial charge in [0.1, 0.15) is 24.4 Å². The Morgan fingerprint density at radius 2 is 1.62 bits per heavy atom. The Hall–Kier alpha value is -4.88. The van der Waals surface area contributed by atoms with E-state index >= 15 is 0 Å². The van der Waals surface area contributed by atoms with Crippen molar-refractivity contribution in [1.29, 1.82) is 0 Å². The van der Waals surface area contributed by atoms with Crippen LogP contribution in [-0.2, 0) is 35.3 Å². The zero-order valence-corrected chi connectivity index (χ0v) is 31.7. The van der Waals surface area contributed by atoms with Crippen molar-refractivity contribution in [2.45, 2.75) is 104 Å². The van der Waals surface area contributed by atoms with Crippen LogP contribution in [0.3, 0.4) is 0 Å². The maximum atomic E-state index is 14.2. The van der Waals surface area contributed by atoms with Gasteiger partial charge in [-0.2, -0.15) is 0 Å². The van der Waals surface area contributed by atoms with Gasteiger partial charge in [-0.3, -0.25) is 29.0 Å². The van der Waals surface area contributed by atoms with Gasteiger partial charge in [-0.15, -0.1) is 0 Å². The third-order valence-corrected chi connectivity index (χ3v) is 9.62. The lowest BCUT2D eigenvalue weighted by Gasteiger charge is -2.34. The van der Waals surface area contributed by atoms with Crippen molar-refractivity contribution in [3.8, 4) is 0 Å². The Kier molecular flexibility index (Phi) is 14.1. The van der Waals surface area contributed by atoms with E-state index in [-0.39, 0.29) is 50.1 Å². The average Bonchev–Trinajstić information content (AvgIpc) is 3.54. The number of aromatic nitrogens is 2. The van der Waals surface area contributed by atoms with Crippen molar-refractivity contribution in [3.05, 3.63) is 60.2 Å². The second kappa shape index (κ2) is 18.2. The van der Waals surface area contributed by atoms with Crippen LogP contribution in [0.1, 0.15) is 96.1 Å². The van der Waals surface area contributed by atoms with E-state index < -0.39 is 64.7 Å². The summed E-state index contributed by atoms with van der Waals surface area (Å²) in [7, 11) is 0. The van der Waals surface area contributed by atoms with Gasteiger partial charge >= 0.3 is 12.1 Å². The van der Waals surface area contributed by atoms with Crippen LogP contribution in [0.4, 0.5) is 4.79 Å². The van der Waals surface area contributed by atoms with Crippen LogP contribution in [0.2, 0.25) is 0 Å². The molecular formula is C39H54N6O8. The first kappa shape index (κ1) is 40.9. The van der Waals surface area contributed by atoms with Crippen molar-refractivity contribution in [2.75, 3.05) is 19.6 Å². The van der Waals surface area contributed by atoms with Gasteiger partial charge in [-0.05, 0) is 50.5 Å². The van der Waals surface area contributed by atoms with Crippen LogP contribution in [0.25, 0.3) is 0 Å². The molecule has 2 aromatic rings. The number of Topliss-reactive ketones (excluding diaryl/α,β-unsaturated/α-hetero) is 1. The van der Waals surface area contributed by atoms with Crippen molar-refractivity contribution < 1.29 is 38.2 Å². The molecule has 0 radical (unpaired) electrons. The molecular weight excluding hydrogens is 680 g/mol. The van der Waals surface area contributed by atoms with Crippen LogP contribution in [0, 0.1) is 23.2 Å². The number of rotatable bonds is 13. The quantitative estimate of drug-likeness (QED) is 0.254. The standard InChI is InChI=1S/C39H54N6O8/c1-38(2,3)28(19-31(46)33(26-15-11-8-12-16-26)44-35(49)29-20-40-17-18-41-29)34(48)43-30-23-45(22-27(30)36(50)53-39(4,5)6)32(47)21-42-37(51)52-24-25-13-9-7-10-14-25/h7,9-10,13-14,17-18,20,26-28,30,33H,8,11-12,15-16,19,21-24H2,1-6H3,(H,42,51)(H,43,48)(H,44,49)/t27-,28?,30+,33+/m1/s1. The number of amides is 4. The lowest BCUT2D eigenvalue weighted by molar-refractivity contribution is -0.160. The highest BCUT2D eigenvalue weighted by molar-refractivity contribution is 5.97. The zero-order chi connectivity index (χ0) is 38.8. The number of hydrogen-bond acceptors (Lipinski definition) is 10. The third-order valence-electron chi connectivity index (χ3n) is 9.62. The number of carbonyl (C=O) groups excluding carboxylic acids is 6. The predicted octanol–water partition coefficient (Wildman–Crippen LogP) is 3.99. The van der Waals surface area contributed by atoms with E-state index in [1.807, 2.05) is 51.1 Å². The number of esters is 1. The Morgan fingerprint density at radius 3 is 2.25 bits per heavy atom. The molecule has 3 N–H and O–H groups in total. The first-order valence-electron chi connectivity index (χ1n) is 18.4. The molecule has 14 nitrogen and oxygen atoms in total. The number of benzene rings is 1. The largest absolute Gasteiger partial charge is 0.460 e. The number of hydrogen-bond donors (Lipinski definition) is 3. The van der Waals surface area contributed by atoms with Crippen molar-refractivity contribution in [3.63, 3.8) is 0 Å². The molecule has 1 aromatic carbocycles. The first-order valence-corrected chi connectivity index (χ1v) is 18.4. The lowest BCUT2D eigenvalue weighted by atomic mass is 9.74. The highest BCUT2D eigenvalue weighted by atomic mass is 16.6. The van der Waals surface area contributed by atoms with Crippen LogP contribution in [0.5, 0.6) is 0 Å². The van der Waals surface area contributed by atoms with E-state index in [1.165, 1.54) is 23.5 Å². The van der Waals surface area contributed by atoms with Gasteiger partial charge in [0.25, 0.3) is 5.91 Å². The molecule has 1 saturated carbocycles. The van der Waals surface area contributed by atoms with Crippen molar-refractivity contribution in [1.82, 2.24) is 30.8 Å². The van der Waals surface area contributed by atoms with E-state index in [9.17, 15) is 28.8 Å². The molecule has 4 atom stereocenters. The van der Waals surface area contributed by atoms with E-state index in [2.05, 4.69) is 25.9 Å². The second-order valence-corrected chi connectivity index (χ2v) is 16.0. The summed E-state index contributed by atoms with van der Waals surface area (Å²) in [4.78, 5) is 89.9. The molecule has 14 heteroatoms. The van der Waals surface area contributed by atoms with E-state index in [0.717, 1.165) is 37.7 Å². The molecule has 2 fully saturated rings. The van der Waals surface area contributed by atoms with Crippen LogP contribution in [-0.4, -0.2) is 87.8 Å². The lowest BCUT2D eigenvalue weighted by Crippen LogP contribution is -2.51. The van der Waals surface area contributed by atoms with Crippen LogP contribution >= 0.6 is 0 Å². The molecule has 1 aromatic heterocycles. The van der Waals surface area contributed by atoms with Crippen LogP contribution < -0.4 is 16.0 Å². The summed E-state index contributed by atoms with van der Waals surface area (Å²) in [6.45, 7) is 10.4. The number of likely N-dealkylation sites (tertiary alicyclic amines) is 1. The molecule has 53 heavy (non-hydrogen) atoms. The molecule has 288 valence electrons. The normalized spacial score (nSPS) is 19.0. The number of nitrogens with one attached hydrogen (secondary N) is 3. The molecule has 1 unspecified atom stereocenters. The summed E-state index contributed by atoms with van der Waals surface area (Å²) in [5.41, 5.74) is -0.624. The molecule has 1 aliphatic carbocycles. The Bertz CT molecular complexity index is 1580. The van der Waals surface area contributed by atoms with E-state index in [1.54, 1.807) is 20.8 Å². The number of ether oxygens (including phenoxy) is 2. The topological polar surface area (TPSA) is 186 Å². The maximum absolute atomic E-state index is 14.2. The SMILES string of the molecule is CC(C)(C)OC(=O)[C@@H]1CN(C(=O)CNC(=O)OCc2ccccc2)C[C@@H]1NC(=O)C(CC(=O)[C@@H](NC(=O)c1cnccn1)C1CCCCC1)C(C)(C)C. The van der Waals surface area contributed by atoms with Gasteiger partial charge in [0.05, 0.1) is 24.2 Å². The molecule has 1 saturated heterocycles. The summed E-state index contributed by atoms with van der Waals surface area (Å²) >= 11 is 0. The Balaban J connectivity index is 1.46. The Morgan fingerprint density at radius 1 is 0.925 bits per heavy atom. The Labute approximate surface area is 311 Å². The molecule has 2 aliphatic rings. The summed E-state index contributed by atoms with van der Waals surface area (Å²) in [5, 5.41) is 8.34. The first-order chi connectivity index (χ1) is 25.0. The summed E-state index contributed by atoms with van der Waals surface area (Å²) in [5.74, 6) is -4.09. The van der Waals surface area contributed by atoms with Crippen molar-refractivity contribution >= 4 is 35.6 Å². The molecule has 2 heterocycles. The fourth-order valence-electron chi connectivity index (χ4n) is 6.77. The van der Waals surface area contributed by atoms with Gasteiger partial charge in [-0.1, -0.05) is 70.4 Å². The number of alkyl carbamates (subject to hydrolysis) is 1. The van der Waals surface area contributed by atoms with Gasteiger partial charge in [0, 0.05) is 37.8 Å². The van der Waals surface area contributed by atoms with Crippen molar-refractivity contribution in [2.24, 2.45) is 23.2 Å². The third kappa shape index (κ3) is 12.4. The average molecular weight is 735 g/mol. The number of ketones is 1. The summed E-state index contributed by atoms with van der Waals surface area (Å²) in [6.07, 6.45) is 7.75. The minimum atomic E-state index is -0.898. The number of carbonyl (C=O) groups is 6. The fraction of sp³-hybridized carbons (Fsp3) is 0.590. The maximum Gasteiger partial charge on any atom is 0.407 e. The molecule has 4 rings (SSSR count). The van der Waals surface area contributed by atoms with E-state index in [4.69, 9.17) is 9.47 Å². The molecule has 4 amide bonds. The second-order valence-electron chi connectivity index (χ2n) is 16.0. The molecule has 0 spiro atoms. The predicted molar refractivity (Wildman–Crippen MR) is 195 cm³/mol. The summed E-state index contributed by atoms with van der Waals surface area (Å²) in [6, 6.07) is 7.47. The highest BCUT2D eigenvalue weighted by Crippen LogP contribution is 2.33.